The molecule has 1 N–H and O–H groups in total. The molecule has 0 atom stereocenters. The van der Waals surface area contributed by atoms with Crippen LogP contribution < -0.4 is 5.32 Å². The molecule has 0 unspecified atom stereocenters. The van der Waals surface area contributed by atoms with Gasteiger partial charge in [0.1, 0.15) is 0 Å². The second-order valence-corrected chi connectivity index (χ2v) is 5.54. The van der Waals surface area contributed by atoms with E-state index in [0.717, 1.165) is 6.42 Å². The van der Waals surface area contributed by atoms with Gasteiger partial charge < -0.3 is 5.32 Å². The van der Waals surface area contributed by atoms with Crippen LogP contribution in [0.25, 0.3) is 0 Å². The summed E-state index contributed by atoms with van der Waals surface area (Å²) < 4.78 is 0. The number of hydrogen-bond donors (Lipinski definition) is 1. The SMILES string of the molecule is CCC(C)(C)/C(C)=C/CNC(=O)c1ccccc1C=O. The quantitative estimate of drug-likeness (QED) is 0.635. The molecule has 0 radical (unpaired) electrons. The summed E-state index contributed by atoms with van der Waals surface area (Å²) >= 11 is 0. The maximum Gasteiger partial charge on any atom is 0.252 e. The first-order valence-corrected chi connectivity index (χ1v) is 6.92. The normalized spacial score (nSPS) is 12.1. The third-order valence-corrected chi connectivity index (χ3v) is 3.95. The maximum absolute atomic E-state index is 12.0. The third kappa shape index (κ3) is 4.05. The summed E-state index contributed by atoms with van der Waals surface area (Å²) in [6, 6.07) is 6.80. The monoisotopic (exact) mass is 273 g/mol. The van der Waals surface area contributed by atoms with Crippen LogP contribution in [-0.2, 0) is 0 Å². The fourth-order valence-electron chi connectivity index (χ4n) is 1.75. The Balaban J connectivity index is 2.69. The van der Waals surface area contributed by atoms with Crippen molar-refractivity contribution in [1.82, 2.24) is 5.32 Å². The summed E-state index contributed by atoms with van der Waals surface area (Å²) in [6.45, 7) is 9.07. The van der Waals surface area contributed by atoms with E-state index in [4.69, 9.17) is 0 Å². The van der Waals surface area contributed by atoms with Crippen LogP contribution in [0.5, 0.6) is 0 Å². The summed E-state index contributed by atoms with van der Waals surface area (Å²) in [4.78, 5) is 22.9. The van der Waals surface area contributed by atoms with E-state index in [0.29, 0.717) is 24.0 Å². The fourth-order valence-corrected chi connectivity index (χ4v) is 1.75. The number of rotatable bonds is 6. The topological polar surface area (TPSA) is 46.2 Å². The molecule has 0 aliphatic carbocycles. The van der Waals surface area contributed by atoms with E-state index < -0.39 is 0 Å². The standard InChI is InChI=1S/C17H23NO2/c1-5-17(3,4)13(2)10-11-18-16(20)15-9-7-6-8-14(15)12-19/h6-10,12H,5,11H2,1-4H3,(H,18,20)/b13-10+. The van der Waals surface area contributed by atoms with E-state index in [1.807, 2.05) is 6.08 Å². The summed E-state index contributed by atoms with van der Waals surface area (Å²) in [5.41, 5.74) is 2.23. The highest BCUT2D eigenvalue weighted by Crippen LogP contribution is 2.28. The average molecular weight is 273 g/mol. The Morgan fingerprint density at radius 3 is 2.55 bits per heavy atom. The molecule has 0 aliphatic rings. The molecule has 108 valence electrons. The smallest absolute Gasteiger partial charge is 0.252 e. The van der Waals surface area contributed by atoms with Gasteiger partial charge in [0.05, 0.1) is 0 Å². The molecule has 0 heterocycles. The zero-order chi connectivity index (χ0) is 15.2. The molecule has 3 heteroatoms. The molecule has 0 aliphatic heterocycles. The lowest BCUT2D eigenvalue weighted by atomic mass is 9.82. The van der Waals surface area contributed by atoms with Crippen LogP contribution in [0.4, 0.5) is 0 Å². The van der Waals surface area contributed by atoms with E-state index in [2.05, 4.69) is 33.0 Å². The Morgan fingerprint density at radius 1 is 1.30 bits per heavy atom. The first-order chi connectivity index (χ1) is 9.42. The highest BCUT2D eigenvalue weighted by atomic mass is 16.1. The van der Waals surface area contributed by atoms with Crippen molar-refractivity contribution >= 4 is 12.2 Å². The Hall–Kier alpha value is -1.90. The van der Waals surface area contributed by atoms with Gasteiger partial charge in [-0.15, -0.1) is 0 Å². The summed E-state index contributed by atoms with van der Waals surface area (Å²) in [5.74, 6) is -0.217. The van der Waals surface area contributed by atoms with Crippen LogP contribution in [0.2, 0.25) is 0 Å². The van der Waals surface area contributed by atoms with Gasteiger partial charge in [-0.25, -0.2) is 0 Å². The first kappa shape index (κ1) is 16.2. The third-order valence-electron chi connectivity index (χ3n) is 3.95. The van der Waals surface area contributed by atoms with Gasteiger partial charge >= 0.3 is 0 Å². The van der Waals surface area contributed by atoms with Gasteiger partial charge in [0.25, 0.3) is 5.91 Å². The molecule has 1 rings (SSSR count). The molecule has 0 aromatic heterocycles. The van der Waals surface area contributed by atoms with Gasteiger partial charge in [0.15, 0.2) is 6.29 Å². The molecule has 3 nitrogen and oxygen atoms in total. The molecule has 20 heavy (non-hydrogen) atoms. The van der Waals surface area contributed by atoms with Crippen molar-refractivity contribution < 1.29 is 9.59 Å². The average Bonchev–Trinajstić information content (AvgIpc) is 2.46. The fraction of sp³-hybridized carbons (Fsp3) is 0.412. The molecule has 1 amide bonds. The van der Waals surface area contributed by atoms with E-state index in [-0.39, 0.29) is 11.3 Å². The lowest BCUT2D eigenvalue weighted by molar-refractivity contribution is 0.0952. The first-order valence-electron chi connectivity index (χ1n) is 6.92. The molecular formula is C17H23NO2. The van der Waals surface area contributed by atoms with Crippen molar-refractivity contribution in [2.45, 2.75) is 34.1 Å². The lowest BCUT2D eigenvalue weighted by Gasteiger charge is -2.24. The molecule has 1 aromatic rings. The minimum atomic E-state index is -0.217. The number of nitrogens with one attached hydrogen (secondary N) is 1. The Morgan fingerprint density at radius 2 is 1.95 bits per heavy atom. The van der Waals surface area contributed by atoms with Crippen LogP contribution in [0.3, 0.4) is 0 Å². The number of amides is 1. The largest absolute Gasteiger partial charge is 0.349 e. The Kier molecular flexibility index (Phi) is 5.68. The molecule has 0 saturated heterocycles. The molecule has 0 fully saturated rings. The van der Waals surface area contributed by atoms with E-state index in [1.54, 1.807) is 24.3 Å². The molecular weight excluding hydrogens is 250 g/mol. The predicted octanol–water partition coefficient (Wildman–Crippen LogP) is 3.61. The van der Waals surface area contributed by atoms with E-state index >= 15 is 0 Å². The molecule has 0 bridgehead atoms. The Bertz CT molecular complexity index is 515. The highest BCUT2D eigenvalue weighted by Gasteiger charge is 2.16. The van der Waals surface area contributed by atoms with Crippen molar-refractivity contribution in [3.05, 3.63) is 47.0 Å². The minimum absolute atomic E-state index is 0.144. The van der Waals surface area contributed by atoms with Crippen LogP contribution >= 0.6 is 0 Å². The van der Waals surface area contributed by atoms with Crippen LogP contribution in [0.1, 0.15) is 54.8 Å². The van der Waals surface area contributed by atoms with E-state index in [9.17, 15) is 9.59 Å². The number of carbonyl (C=O) groups excluding carboxylic acids is 2. The zero-order valence-corrected chi connectivity index (χ0v) is 12.7. The van der Waals surface area contributed by atoms with Crippen molar-refractivity contribution in [2.75, 3.05) is 6.54 Å². The molecule has 0 saturated carbocycles. The second-order valence-electron chi connectivity index (χ2n) is 5.54. The van der Waals surface area contributed by atoms with Crippen LogP contribution in [0, 0.1) is 5.41 Å². The van der Waals surface area contributed by atoms with E-state index in [1.165, 1.54) is 5.57 Å². The molecule has 0 spiro atoms. The number of hydrogen-bond acceptors (Lipinski definition) is 2. The van der Waals surface area contributed by atoms with Gasteiger partial charge in [-0.05, 0) is 24.8 Å². The highest BCUT2D eigenvalue weighted by molar-refractivity contribution is 6.01. The van der Waals surface area contributed by atoms with Crippen LogP contribution in [0.15, 0.2) is 35.9 Å². The van der Waals surface area contributed by atoms with Crippen molar-refractivity contribution in [3.63, 3.8) is 0 Å². The number of carbonyl (C=O) groups is 2. The van der Waals surface area contributed by atoms with Crippen molar-refractivity contribution in [3.8, 4) is 0 Å². The summed E-state index contributed by atoms with van der Waals surface area (Å²) in [6.07, 6.45) is 3.79. The summed E-state index contributed by atoms with van der Waals surface area (Å²) in [5, 5.41) is 2.83. The van der Waals surface area contributed by atoms with Gasteiger partial charge in [0.2, 0.25) is 0 Å². The molecule has 1 aromatic carbocycles. The van der Waals surface area contributed by atoms with Gasteiger partial charge in [-0.1, -0.05) is 50.6 Å². The van der Waals surface area contributed by atoms with Gasteiger partial charge in [-0.3, -0.25) is 9.59 Å². The maximum atomic E-state index is 12.0. The van der Waals surface area contributed by atoms with Gasteiger partial charge in [0, 0.05) is 17.7 Å². The number of allylic oxidation sites excluding steroid dienone is 1. The minimum Gasteiger partial charge on any atom is -0.349 e. The Labute approximate surface area is 121 Å². The number of aldehydes is 1. The second kappa shape index (κ2) is 7.04. The van der Waals surface area contributed by atoms with Crippen molar-refractivity contribution in [2.24, 2.45) is 5.41 Å². The van der Waals surface area contributed by atoms with Crippen LogP contribution in [-0.4, -0.2) is 18.7 Å². The zero-order valence-electron chi connectivity index (χ0n) is 12.7. The predicted molar refractivity (Wildman–Crippen MR) is 82.0 cm³/mol. The van der Waals surface area contributed by atoms with Crippen molar-refractivity contribution in [1.29, 1.82) is 0 Å². The summed E-state index contributed by atoms with van der Waals surface area (Å²) in [7, 11) is 0. The van der Waals surface area contributed by atoms with Gasteiger partial charge in [-0.2, -0.15) is 0 Å². The number of benzene rings is 1. The lowest BCUT2D eigenvalue weighted by Crippen LogP contribution is -2.25.